The van der Waals surface area contributed by atoms with Gasteiger partial charge in [-0.15, -0.1) is 0 Å². The van der Waals surface area contributed by atoms with Gasteiger partial charge in [-0.3, -0.25) is 4.79 Å². The number of carbonyl (C=O) groups is 1. The molecule has 1 aliphatic heterocycles. The van der Waals surface area contributed by atoms with Crippen LogP contribution in [0.4, 0.5) is 8.78 Å². The quantitative estimate of drug-likeness (QED) is 0.947. The molecule has 1 heterocycles. The highest BCUT2D eigenvalue weighted by Crippen LogP contribution is 2.38. The first kappa shape index (κ1) is 14.7. The Hall–Kier alpha value is -2.27. The second-order valence-corrected chi connectivity index (χ2v) is 5.37. The Bertz CT molecular complexity index is 701. The summed E-state index contributed by atoms with van der Waals surface area (Å²) in [6, 6.07) is 13.2. The van der Waals surface area contributed by atoms with Gasteiger partial charge in [0.1, 0.15) is 0 Å². The lowest BCUT2D eigenvalue weighted by Gasteiger charge is -2.34. The molecule has 114 valence electrons. The van der Waals surface area contributed by atoms with E-state index < -0.39 is 11.8 Å². The fourth-order valence-electron chi connectivity index (χ4n) is 2.71. The van der Waals surface area contributed by atoms with Crippen LogP contribution in [0.3, 0.4) is 0 Å². The molecule has 0 saturated heterocycles. The average molecular weight is 303 g/mol. The smallest absolute Gasteiger partial charge is 0.350 e. The molecule has 0 unspecified atom stereocenters. The van der Waals surface area contributed by atoms with Crippen molar-refractivity contribution >= 4 is 5.91 Å². The van der Waals surface area contributed by atoms with Crippen LogP contribution in [0.5, 0.6) is 0 Å². The molecule has 0 aromatic heterocycles. The highest BCUT2D eigenvalue weighted by molar-refractivity contribution is 5.87. The Labute approximate surface area is 126 Å². The van der Waals surface area contributed by atoms with Crippen molar-refractivity contribution in [2.24, 2.45) is 0 Å². The Morgan fingerprint density at radius 1 is 1.09 bits per heavy atom. The average Bonchev–Trinajstić information content (AvgIpc) is 2.53. The standard InChI is InChI=1S/C17H15F2NO2/c18-17(19)15-7-6-13(11-21)8-14(15)10-20(16(17)22)9-12-4-2-1-3-5-12/h1-8,21H,9-11H2. The lowest BCUT2D eigenvalue weighted by atomic mass is 9.93. The number of rotatable bonds is 3. The molecule has 1 N–H and O–H groups in total. The summed E-state index contributed by atoms with van der Waals surface area (Å²) >= 11 is 0. The van der Waals surface area contributed by atoms with Crippen LogP contribution < -0.4 is 0 Å². The van der Waals surface area contributed by atoms with Gasteiger partial charge < -0.3 is 10.0 Å². The number of halogens is 2. The molecule has 3 nitrogen and oxygen atoms in total. The number of nitrogens with zero attached hydrogens (tertiary/aromatic N) is 1. The first-order chi connectivity index (χ1) is 10.5. The predicted molar refractivity (Wildman–Crippen MR) is 77.0 cm³/mol. The molecule has 0 aliphatic carbocycles. The number of benzene rings is 2. The molecule has 22 heavy (non-hydrogen) atoms. The van der Waals surface area contributed by atoms with Gasteiger partial charge in [0.2, 0.25) is 0 Å². The van der Waals surface area contributed by atoms with Crippen LogP contribution in [0.2, 0.25) is 0 Å². The highest BCUT2D eigenvalue weighted by atomic mass is 19.3. The summed E-state index contributed by atoms with van der Waals surface area (Å²) in [5.41, 5.74) is 1.48. The summed E-state index contributed by atoms with van der Waals surface area (Å²) in [5.74, 6) is -4.71. The van der Waals surface area contributed by atoms with Crippen molar-refractivity contribution in [2.45, 2.75) is 25.6 Å². The molecule has 1 aliphatic rings. The van der Waals surface area contributed by atoms with Crippen molar-refractivity contribution < 1.29 is 18.7 Å². The lowest BCUT2D eigenvalue weighted by Crippen LogP contribution is -2.45. The second-order valence-electron chi connectivity index (χ2n) is 5.37. The highest BCUT2D eigenvalue weighted by Gasteiger charge is 2.48. The van der Waals surface area contributed by atoms with Crippen molar-refractivity contribution in [3.63, 3.8) is 0 Å². The van der Waals surface area contributed by atoms with E-state index in [1.165, 1.54) is 18.2 Å². The number of carbonyl (C=O) groups excluding carboxylic acids is 1. The summed E-state index contributed by atoms with van der Waals surface area (Å²) < 4.78 is 28.7. The first-order valence-corrected chi connectivity index (χ1v) is 6.96. The van der Waals surface area contributed by atoms with Gasteiger partial charge >= 0.3 is 5.92 Å². The molecule has 1 amide bonds. The van der Waals surface area contributed by atoms with Crippen molar-refractivity contribution in [2.75, 3.05) is 0 Å². The lowest BCUT2D eigenvalue weighted by molar-refractivity contribution is -0.163. The molecule has 0 fully saturated rings. The maximum absolute atomic E-state index is 14.3. The van der Waals surface area contributed by atoms with Crippen molar-refractivity contribution in [3.8, 4) is 0 Å². The minimum absolute atomic E-state index is 0.118. The van der Waals surface area contributed by atoms with Gasteiger partial charge in [0.25, 0.3) is 5.91 Å². The molecular formula is C17H15F2NO2. The van der Waals surface area contributed by atoms with Gasteiger partial charge in [-0.1, -0.05) is 48.5 Å². The largest absolute Gasteiger partial charge is 0.392 e. The zero-order valence-electron chi connectivity index (χ0n) is 11.8. The summed E-state index contributed by atoms with van der Waals surface area (Å²) in [5, 5.41) is 9.15. The van der Waals surface area contributed by atoms with Gasteiger partial charge in [0.05, 0.1) is 6.61 Å². The maximum Gasteiger partial charge on any atom is 0.350 e. The number of fused-ring (bicyclic) bond motifs is 1. The number of aliphatic hydroxyl groups excluding tert-OH is 1. The molecule has 2 aromatic carbocycles. The topological polar surface area (TPSA) is 40.5 Å². The van der Waals surface area contributed by atoms with Crippen LogP contribution in [-0.4, -0.2) is 15.9 Å². The molecular weight excluding hydrogens is 288 g/mol. The monoisotopic (exact) mass is 303 g/mol. The molecule has 2 aromatic rings. The molecule has 3 rings (SSSR count). The zero-order valence-corrected chi connectivity index (χ0v) is 11.8. The van der Waals surface area contributed by atoms with Crippen LogP contribution in [0.25, 0.3) is 0 Å². The normalized spacial score (nSPS) is 16.5. The van der Waals surface area contributed by atoms with Crippen LogP contribution in [-0.2, 0) is 30.4 Å². The van der Waals surface area contributed by atoms with Crippen molar-refractivity contribution in [3.05, 3.63) is 70.8 Å². The predicted octanol–water partition coefficient (Wildman–Crippen LogP) is 2.81. The van der Waals surface area contributed by atoms with E-state index in [1.54, 1.807) is 24.3 Å². The van der Waals surface area contributed by atoms with Crippen LogP contribution in [0.15, 0.2) is 48.5 Å². The van der Waals surface area contributed by atoms with E-state index in [9.17, 15) is 13.6 Å². The van der Waals surface area contributed by atoms with E-state index in [0.29, 0.717) is 11.1 Å². The maximum atomic E-state index is 14.3. The SMILES string of the molecule is O=C1N(Cc2ccccc2)Cc2cc(CO)ccc2C1(F)F. The fourth-order valence-corrected chi connectivity index (χ4v) is 2.71. The molecule has 0 saturated carbocycles. The third kappa shape index (κ3) is 2.48. The zero-order chi connectivity index (χ0) is 15.7. The molecule has 0 spiro atoms. The van der Waals surface area contributed by atoms with Gasteiger partial charge in [-0.05, 0) is 16.7 Å². The molecule has 5 heteroatoms. The summed E-state index contributed by atoms with van der Waals surface area (Å²) in [6.45, 7) is 0.0377. The Balaban J connectivity index is 1.96. The number of aliphatic hydroxyl groups is 1. The van der Waals surface area contributed by atoms with E-state index in [2.05, 4.69) is 0 Å². The van der Waals surface area contributed by atoms with Gasteiger partial charge in [-0.2, -0.15) is 8.78 Å². The summed E-state index contributed by atoms with van der Waals surface area (Å²) in [7, 11) is 0. The number of alkyl halides is 2. The third-order valence-electron chi connectivity index (χ3n) is 3.82. The fraction of sp³-hybridized carbons (Fsp3) is 0.235. The van der Waals surface area contributed by atoms with Crippen molar-refractivity contribution in [1.29, 1.82) is 0 Å². The van der Waals surface area contributed by atoms with Gasteiger partial charge in [0.15, 0.2) is 0 Å². The molecule has 0 atom stereocenters. The minimum atomic E-state index is -3.53. The van der Waals surface area contributed by atoms with E-state index in [-0.39, 0.29) is 25.3 Å². The molecule has 0 bridgehead atoms. The van der Waals surface area contributed by atoms with Crippen LogP contribution in [0, 0.1) is 0 Å². The minimum Gasteiger partial charge on any atom is -0.392 e. The van der Waals surface area contributed by atoms with Gasteiger partial charge in [-0.25, -0.2) is 0 Å². The third-order valence-corrected chi connectivity index (χ3v) is 3.82. The van der Waals surface area contributed by atoms with E-state index >= 15 is 0 Å². The number of hydrogen-bond donors (Lipinski definition) is 1. The molecule has 0 radical (unpaired) electrons. The van der Waals surface area contributed by atoms with Crippen LogP contribution >= 0.6 is 0 Å². The Morgan fingerprint density at radius 3 is 2.50 bits per heavy atom. The van der Waals surface area contributed by atoms with E-state index in [4.69, 9.17) is 5.11 Å². The first-order valence-electron chi connectivity index (χ1n) is 6.96. The summed E-state index contributed by atoms with van der Waals surface area (Å²) in [6.07, 6.45) is 0. The Kier molecular flexibility index (Phi) is 3.66. The second kappa shape index (κ2) is 5.50. The van der Waals surface area contributed by atoms with E-state index in [1.807, 2.05) is 6.07 Å². The van der Waals surface area contributed by atoms with Crippen molar-refractivity contribution in [1.82, 2.24) is 4.90 Å². The summed E-state index contributed by atoms with van der Waals surface area (Å²) in [4.78, 5) is 13.2. The number of hydrogen-bond acceptors (Lipinski definition) is 2. The van der Waals surface area contributed by atoms with E-state index in [0.717, 1.165) is 10.5 Å². The van der Waals surface area contributed by atoms with Crippen LogP contribution in [0.1, 0.15) is 22.3 Å². The Morgan fingerprint density at radius 2 is 1.82 bits per heavy atom. The van der Waals surface area contributed by atoms with Gasteiger partial charge in [0, 0.05) is 18.7 Å². The number of amides is 1.